The van der Waals surface area contributed by atoms with Crippen LogP contribution < -0.4 is 4.90 Å². The number of aryl methyl sites for hydroxylation is 1. The SMILES string of the molecule is CCN(c1ccc(C)cc1)c1ccc([C@H](C)O)cc1F. The van der Waals surface area contributed by atoms with Crippen molar-refractivity contribution in [2.45, 2.75) is 26.9 Å². The maximum absolute atomic E-state index is 14.3. The summed E-state index contributed by atoms with van der Waals surface area (Å²) in [6.45, 7) is 6.32. The van der Waals surface area contributed by atoms with Crippen molar-refractivity contribution in [1.82, 2.24) is 0 Å². The van der Waals surface area contributed by atoms with E-state index < -0.39 is 6.10 Å². The fourth-order valence-electron chi connectivity index (χ4n) is 2.22. The number of hydrogen-bond acceptors (Lipinski definition) is 2. The summed E-state index contributed by atoms with van der Waals surface area (Å²) in [6, 6.07) is 12.9. The predicted octanol–water partition coefficient (Wildman–Crippen LogP) is 4.35. The molecule has 20 heavy (non-hydrogen) atoms. The Morgan fingerprint density at radius 1 is 1.15 bits per heavy atom. The summed E-state index contributed by atoms with van der Waals surface area (Å²) < 4.78 is 14.3. The van der Waals surface area contributed by atoms with E-state index in [0.29, 0.717) is 17.8 Å². The second-order valence-electron chi connectivity index (χ2n) is 4.97. The van der Waals surface area contributed by atoms with Crippen molar-refractivity contribution < 1.29 is 9.50 Å². The second kappa shape index (κ2) is 6.06. The number of hydrogen-bond donors (Lipinski definition) is 1. The predicted molar refractivity (Wildman–Crippen MR) is 80.9 cm³/mol. The van der Waals surface area contributed by atoms with Gasteiger partial charge in [0.05, 0.1) is 11.8 Å². The van der Waals surface area contributed by atoms with Gasteiger partial charge in [0.15, 0.2) is 0 Å². The van der Waals surface area contributed by atoms with Gasteiger partial charge in [0, 0.05) is 12.2 Å². The van der Waals surface area contributed by atoms with Gasteiger partial charge in [-0.2, -0.15) is 0 Å². The van der Waals surface area contributed by atoms with E-state index in [4.69, 9.17) is 0 Å². The molecule has 0 saturated heterocycles. The molecule has 0 aliphatic rings. The molecule has 1 N–H and O–H groups in total. The van der Waals surface area contributed by atoms with Crippen LogP contribution >= 0.6 is 0 Å². The molecule has 2 aromatic carbocycles. The van der Waals surface area contributed by atoms with Gasteiger partial charge in [0.2, 0.25) is 0 Å². The smallest absolute Gasteiger partial charge is 0.147 e. The molecule has 1 atom stereocenters. The molecular weight excluding hydrogens is 253 g/mol. The van der Waals surface area contributed by atoms with Crippen molar-refractivity contribution >= 4 is 11.4 Å². The normalized spacial score (nSPS) is 12.2. The third-order valence-electron chi connectivity index (χ3n) is 3.41. The van der Waals surface area contributed by atoms with E-state index in [0.717, 1.165) is 5.69 Å². The average molecular weight is 273 g/mol. The third-order valence-corrected chi connectivity index (χ3v) is 3.41. The Balaban J connectivity index is 2.39. The standard InChI is InChI=1S/C17H20FNO/c1-4-19(15-8-5-12(2)6-9-15)17-10-7-14(13(3)20)11-16(17)18/h5-11,13,20H,4H2,1-3H3/t13-/m0/s1. The van der Waals surface area contributed by atoms with Crippen molar-refractivity contribution in [3.8, 4) is 0 Å². The summed E-state index contributed by atoms with van der Waals surface area (Å²) in [6.07, 6.45) is -0.659. The Morgan fingerprint density at radius 2 is 1.80 bits per heavy atom. The van der Waals surface area contributed by atoms with Crippen LogP contribution in [-0.4, -0.2) is 11.7 Å². The van der Waals surface area contributed by atoms with Gasteiger partial charge in [0.1, 0.15) is 5.82 Å². The van der Waals surface area contributed by atoms with Gasteiger partial charge in [-0.15, -0.1) is 0 Å². The Labute approximate surface area is 119 Å². The largest absolute Gasteiger partial charge is 0.389 e. The molecule has 0 aliphatic carbocycles. The first kappa shape index (κ1) is 14.5. The molecule has 0 unspecified atom stereocenters. The van der Waals surface area contributed by atoms with Gasteiger partial charge in [0.25, 0.3) is 0 Å². The minimum atomic E-state index is -0.659. The van der Waals surface area contributed by atoms with E-state index in [9.17, 15) is 9.50 Å². The van der Waals surface area contributed by atoms with E-state index in [1.807, 2.05) is 43.0 Å². The zero-order valence-corrected chi connectivity index (χ0v) is 12.1. The Morgan fingerprint density at radius 3 is 2.30 bits per heavy atom. The van der Waals surface area contributed by atoms with Crippen LogP contribution in [0.25, 0.3) is 0 Å². The van der Waals surface area contributed by atoms with Gasteiger partial charge < -0.3 is 10.0 Å². The Kier molecular flexibility index (Phi) is 4.40. The lowest BCUT2D eigenvalue weighted by molar-refractivity contribution is 0.199. The zero-order chi connectivity index (χ0) is 14.7. The van der Waals surface area contributed by atoms with Crippen LogP contribution in [0.15, 0.2) is 42.5 Å². The van der Waals surface area contributed by atoms with E-state index in [2.05, 4.69) is 0 Å². The van der Waals surface area contributed by atoms with E-state index >= 15 is 0 Å². The number of rotatable bonds is 4. The second-order valence-corrected chi connectivity index (χ2v) is 4.97. The van der Waals surface area contributed by atoms with Crippen LogP contribution in [0.5, 0.6) is 0 Å². The van der Waals surface area contributed by atoms with Gasteiger partial charge in [-0.3, -0.25) is 0 Å². The molecule has 2 rings (SSSR count). The first-order chi connectivity index (χ1) is 9.52. The van der Waals surface area contributed by atoms with E-state index in [1.54, 1.807) is 19.1 Å². The van der Waals surface area contributed by atoms with Crippen LogP contribution in [-0.2, 0) is 0 Å². The lowest BCUT2D eigenvalue weighted by atomic mass is 10.1. The Hall–Kier alpha value is -1.87. The van der Waals surface area contributed by atoms with Crippen LogP contribution in [0.4, 0.5) is 15.8 Å². The molecule has 0 saturated carbocycles. The highest BCUT2D eigenvalue weighted by Gasteiger charge is 2.13. The molecule has 0 radical (unpaired) electrons. The fourth-order valence-corrected chi connectivity index (χ4v) is 2.22. The minimum absolute atomic E-state index is 0.314. The molecule has 0 heterocycles. The van der Waals surface area contributed by atoms with Crippen molar-refractivity contribution in [2.75, 3.05) is 11.4 Å². The molecule has 3 heteroatoms. The maximum Gasteiger partial charge on any atom is 0.147 e. The van der Waals surface area contributed by atoms with Crippen LogP contribution in [0.2, 0.25) is 0 Å². The highest BCUT2D eigenvalue weighted by molar-refractivity contribution is 5.64. The topological polar surface area (TPSA) is 23.5 Å². The molecular formula is C17H20FNO. The molecule has 0 aromatic heterocycles. The number of anilines is 2. The van der Waals surface area contributed by atoms with E-state index in [1.165, 1.54) is 11.6 Å². The van der Waals surface area contributed by atoms with Crippen LogP contribution in [0, 0.1) is 12.7 Å². The van der Waals surface area contributed by atoms with Crippen molar-refractivity contribution in [3.63, 3.8) is 0 Å². The summed E-state index contributed by atoms with van der Waals surface area (Å²) >= 11 is 0. The third kappa shape index (κ3) is 2.99. The first-order valence-electron chi connectivity index (χ1n) is 6.84. The highest BCUT2D eigenvalue weighted by atomic mass is 19.1. The van der Waals surface area contributed by atoms with Crippen LogP contribution in [0.3, 0.4) is 0 Å². The fraction of sp³-hybridized carbons (Fsp3) is 0.294. The monoisotopic (exact) mass is 273 g/mol. The molecule has 0 bridgehead atoms. The summed E-state index contributed by atoms with van der Waals surface area (Å²) in [7, 11) is 0. The summed E-state index contributed by atoms with van der Waals surface area (Å²) in [5, 5.41) is 9.50. The number of aliphatic hydroxyl groups excluding tert-OH is 1. The van der Waals surface area contributed by atoms with E-state index in [-0.39, 0.29) is 5.82 Å². The zero-order valence-electron chi connectivity index (χ0n) is 12.1. The van der Waals surface area contributed by atoms with Crippen molar-refractivity contribution in [1.29, 1.82) is 0 Å². The number of benzene rings is 2. The lowest BCUT2D eigenvalue weighted by Gasteiger charge is -2.24. The molecule has 2 aromatic rings. The van der Waals surface area contributed by atoms with Gasteiger partial charge in [-0.1, -0.05) is 23.8 Å². The molecule has 2 nitrogen and oxygen atoms in total. The quantitative estimate of drug-likeness (QED) is 0.895. The average Bonchev–Trinajstić information content (AvgIpc) is 2.43. The van der Waals surface area contributed by atoms with Crippen molar-refractivity contribution in [3.05, 3.63) is 59.4 Å². The molecule has 0 amide bonds. The lowest BCUT2D eigenvalue weighted by Crippen LogP contribution is -2.17. The molecule has 0 fully saturated rings. The number of aliphatic hydroxyl groups is 1. The number of nitrogens with zero attached hydrogens (tertiary/aromatic N) is 1. The summed E-state index contributed by atoms with van der Waals surface area (Å²) in [4.78, 5) is 1.92. The molecule has 106 valence electrons. The Bertz CT molecular complexity index is 578. The van der Waals surface area contributed by atoms with Gasteiger partial charge in [-0.25, -0.2) is 4.39 Å². The highest BCUT2D eigenvalue weighted by Crippen LogP contribution is 2.29. The summed E-state index contributed by atoms with van der Waals surface area (Å²) in [5.41, 5.74) is 3.25. The minimum Gasteiger partial charge on any atom is -0.389 e. The first-order valence-corrected chi connectivity index (χ1v) is 6.84. The van der Waals surface area contributed by atoms with Gasteiger partial charge >= 0.3 is 0 Å². The summed E-state index contributed by atoms with van der Waals surface area (Å²) in [5.74, 6) is -0.314. The van der Waals surface area contributed by atoms with Crippen LogP contribution in [0.1, 0.15) is 31.1 Å². The van der Waals surface area contributed by atoms with Crippen molar-refractivity contribution in [2.24, 2.45) is 0 Å². The number of halogens is 1. The molecule has 0 aliphatic heterocycles. The van der Waals surface area contributed by atoms with Gasteiger partial charge in [-0.05, 0) is 50.6 Å². The molecule has 0 spiro atoms. The maximum atomic E-state index is 14.3.